The Balaban J connectivity index is 1.56. The van der Waals surface area contributed by atoms with Crippen LogP contribution in [-0.4, -0.2) is 71.6 Å². The zero-order valence-corrected chi connectivity index (χ0v) is 23.5. The molecule has 3 N–H and O–H groups in total. The molecular weight excluding hydrogens is 488 g/mol. The molecule has 0 aromatic heterocycles. The molecule has 1 aromatic rings. The molecule has 8 nitrogen and oxygen atoms in total. The van der Waals surface area contributed by atoms with Gasteiger partial charge in [0.2, 0.25) is 17.7 Å². The Kier molecular flexibility index (Phi) is 8.86. The van der Waals surface area contributed by atoms with Crippen LogP contribution in [0.5, 0.6) is 0 Å². The lowest BCUT2D eigenvalue weighted by molar-refractivity contribution is -0.144. The summed E-state index contributed by atoms with van der Waals surface area (Å²) in [6.07, 6.45) is 3.94. The summed E-state index contributed by atoms with van der Waals surface area (Å²) in [4.78, 5) is 42.2. The minimum atomic E-state index is -0.637. The summed E-state index contributed by atoms with van der Waals surface area (Å²) in [5.74, 6) is 0.223. The SMILES string of the molecule is CCCCO[C@@H]1Cc2ccccc2[C@@H]1NC(=O)[C@H]1N2C(=O)[C@@H](NC(=O)[C@H](C)NC)CCS[C@H]2CC1(C)C. The predicted molar refractivity (Wildman–Crippen MR) is 146 cm³/mol. The Bertz CT molecular complexity index is 1000. The minimum Gasteiger partial charge on any atom is -0.375 e. The maximum Gasteiger partial charge on any atom is 0.246 e. The summed E-state index contributed by atoms with van der Waals surface area (Å²) in [5, 5.41) is 9.06. The van der Waals surface area contributed by atoms with Crippen molar-refractivity contribution in [2.45, 2.75) is 95.4 Å². The summed E-state index contributed by atoms with van der Waals surface area (Å²) < 4.78 is 6.24. The average Bonchev–Trinajstić information content (AvgIpc) is 3.30. The predicted octanol–water partition coefficient (Wildman–Crippen LogP) is 2.77. The van der Waals surface area contributed by atoms with E-state index in [-0.39, 0.29) is 35.2 Å². The summed E-state index contributed by atoms with van der Waals surface area (Å²) in [7, 11) is 1.72. The number of rotatable bonds is 9. The quantitative estimate of drug-likeness (QED) is 0.425. The van der Waals surface area contributed by atoms with Crippen molar-refractivity contribution in [3.63, 3.8) is 0 Å². The largest absolute Gasteiger partial charge is 0.375 e. The van der Waals surface area contributed by atoms with Crippen molar-refractivity contribution in [2.75, 3.05) is 19.4 Å². The van der Waals surface area contributed by atoms with Crippen molar-refractivity contribution < 1.29 is 19.1 Å². The number of nitrogens with one attached hydrogen (secondary N) is 3. The highest BCUT2D eigenvalue weighted by atomic mass is 32.2. The third kappa shape index (κ3) is 5.83. The van der Waals surface area contributed by atoms with Crippen LogP contribution >= 0.6 is 11.8 Å². The molecule has 9 heteroatoms. The maximum absolute atomic E-state index is 14.0. The van der Waals surface area contributed by atoms with Crippen LogP contribution < -0.4 is 16.0 Å². The van der Waals surface area contributed by atoms with Crippen molar-refractivity contribution in [3.05, 3.63) is 35.4 Å². The van der Waals surface area contributed by atoms with E-state index in [1.54, 1.807) is 30.6 Å². The van der Waals surface area contributed by atoms with Crippen molar-refractivity contribution >= 4 is 29.5 Å². The maximum atomic E-state index is 14.0. The van der Waals surface area contributed by atoms with E-state index in [1.165, 1.54) is 5.56 Å². The van der Waals surface area contributed by atoms with Crippen molar-refractivity contribution in [2.24, 2.45) is 5.41 Å². The third-order valence-electron chi connectivity index (χ3n) is 8.00. The lowest BCUT2D eigenvalue weighted by atomic mass is 9.83. The molecule has 2 saturated heterocycles. The standard InChI is InChI=1S/C28H42N4O4S/c1-6-7-13-36-21-15-18-10-8-9-11-19(18)23(21)31-26(34)24-28(3,4)16-22-32(24)27(35)20(12-14-37-22)30-25(33)17(2)29-5/h8-11,17,20-24,29H,6-7,12-16H2,1-5H3,(H,30,33)(H,31,34)/t17-,20-,21+,22-,23-,24+/m0/s1. The van der Waals surface area contributed by atoms with Crippen LogP contribution in [0, 0.1) is 5.41 Å². The number of benzene rings is 1. The molecule has 1 aliphatic carbocycles. The lowest BCUT2D eigenvalue weighted by Crippen LogP contribution is -2.58. The van der Waals surface area contributed by atoms with Crippen molar-refractivity contribution in [1.29, 1.82) is 0 Å². The van der Waals surface area contributed by atoms with Crippen molar-refractivity contribution in [3.8, 4) is 0 Å². The number of carbonyl (C=O) groups is 3. The fraction of sp³-hybridized carbons (Fsp3) is 0.679. The van der Waals surface area contributed by atoms with Crippen LogP contribution in [0.15, 0.2) is 24.3 Å². The second-order valence-electron chi connectivity index (χ2n) is 11.2. The Morgan fingerprint density at radius 3 is 2.73 bits per heavy atom. The molecule has 0 unspecified atom stereocenters. The molecule has 1 aromatic carbocycles. The van der Waals surface area contributed by atoms with Gasteiger partial charge in [0.05, 0.1) is 23.6 Å². The number of amides is 3. The highest BCUT2D eigenvalue weighted by Crippen LogP contribution is 2.46. The number of hydrogen-bond donors (Lipinski definition) is 3. The molecule has 2 aliphatic heterocycles. The number of likely N-dealkylation sites (N-methyl/N-ethyl adjacent to an activating group) is 1. The Hall–Kier alpha value is -2.10. The fourth-order valence-corrected chi connectivity index (χ4v) is 7.35. The molecule has 4 rings (SSSR count). The summed E-state index contributed by atoms with van der Waals surface area (Å²) >= 11 is 1.71. The molecule has 0 saturated carbocycles. The fourth-order valence-electron chi connectivity index (χ4n) is 5.77. The Labute approximate surface area is 225 Å². The van der Waals surface area contributed by atoms with E-state index in [0.717, 1.165) is 37.0 Å². The first-order valence-corrected chi connectivity index (χ1v) is 14.6. The number of thioether (sulfide) groups is 1. The monoisotopic (exact) mass is 530 g/mol. The van der Waals surface area contributed by atoms with E-state index in [4.69, 9.17) is 4.74 Å². The van der Waals surface area contributed by atoms with Gasteiger partial charge in [-0.1, -0.05) is 51.5 Å². The lowest BCUT2D eigenvalue weighted by Gasteiger charge is -2.35. The summed E-state index contributed by atoms with van der Waals surface area (Å²) in [5.41, 5.74) is 1.88. The minimum absolute atomic E-state index is 0.0886. The second-order valence-corrected chi connectivity index (χ2v) is 12.5. The summed E-state index contributed by atoms with van der Waals surface area (Å²) in [6.45, 7) is 8.69. The zero-order chi connectivity index (χ0) is 26.7. The normalized spacial score (nSPS) is 29.3. The zero-order valence-electron chi connectivity index (χ0n) is 22.7. The number of fused-ring (bicyclic) bond motifs is 2. The first-order chi connectivity index (χ1) is 17.7. The van der Waals surface area contributed by atoms with Gasteiger partial charge in [-0.2, -0.15) is 0 Å². The average molecular weight is 531 g/mol. The van der Waals surface area contributed by atoms with Gasteiger partial charge in [0, 0.05) is 13.0 Å². The smallest absolute Gasteiger partial charge is 0.246 e. The molecular formula is C28H42N4O4S. The number of hydrogen-bond acceptors (Lipinski definition) is 6. The van der Waals surface area contributed by atoms with Gasteiger partial charge < -0.3 is 25.6 Å². The van der Waals surface area contributed by atoms with E-state index >= 15 is 0 Å². The molecule has 3 amide bonds. The number of nitrogens with zero attached hydrogens (tertiary/aromatic N) is 1. The van der Waals surface area contributed by atoms with E-state index in [2.05, 4.69) is 48.9 Å². The molecule has 37 heavy (non-hydrogen) atoms. The van der Waals surface area contributed by atoms with Gasteiger partial charge >= 0.3 is 0 Å². The second kappa shape index (κ2) is 11.7. The van der Waals surface area contributed by atoms with Gasteiger partial charge in [-0.15, -0.1) is 11.8 Å². The van der Waals surface area contributed by atoms with Gasteiger partial charge in [-0.3, -0.25) is 14.4 Å². The van der Waals surface area contributed by atoms with Gasteiger partial charge in [0.1, 0.15) is 12.1 Å². The highest BCUT2D eigenvalue weighted by Gasteiger charge is 2.55. The Morgan fingerprint density at radius 1 is 1.24 bits per heavy atom. The van der Waals surface area contributed by atoms with Crippen LogP contribution in [0.4, 0.5) is 0 Å². The first kappa shape index (κ1) is 27.9. The molecule has 0 spiro atoms. The topological polar surface area (TPSA) is 99.8 Å². The highest BCUT2D eigenvalue weighted by molar-refractivity contribution is 7.99. The molecule has 6 atom stereocenters. The van der Waals surface area contributed by atoms with E-state index in [1.807, 2.05) is 12.1 Å². The van der Waals surface area contributed by atoms with Crippen LogP contribution in [0.1, 0.15) is 70.5 Å². The number of unbranched alkanes of at least 4 members (excludes halogenated alkanes) is 1. The third-order valence-corrected chi connectivity index (χ3v) is 9.25. The van der Waals surface area contributed by atoms with E-state index in [0.29, 0.717) is 13.0 Å². The molecule has 3 aliphatic rings. The molecule has 2 fully saturated rings. The van der Waals surface area contributed by atoms with Crippen LogP contribution in [-0.2, 0) is 25.5 Å². The van der Waals surface area contributed by atoms with E-state index < -0.39 is 23.5 Å². The van der Waals surface area contributed by atoms with Gasteiger partial charge in [-0.05, 0) is 55.5 Å². The van der Waals surface area contributed by atoms with Crippen molar-refractivity contribution in [1.82, 2.24) is 20.9 Å². The molecule has 0 bridgehead atoms. The number of carbonyl (C=O) groups excluding carboxylic acids is 3. The molecule has 204 valence electrons. The first-order valence-electron chi connectivity index (χ1n) is 13.6. The van der Waals surface area contributed by atoms with Gasteiger partial charge in [0.15, 0.2) is 0 Å². The van der Waals surface area contributed by atoms with Gasteiger partial charge in [-0.25, -0.2) is 0 Å². The number of ether oxygens (including phenoxy) is 1. The summed E-state index contributed by atoms with van der Waals surface area (Å²) in [6, 6.07) is 6.26. The molecule has 0 radical (unpaired) electrons. The van der Waals surface area contributed by atoms with Crippen LogP contribution in [0.3, 0.4) is 0 Å². The van der Waals surface area contributed by atoms with Crippen LogP contribution in [0.2, 0.25) is 0 Å². The van der Waals surface area contributed by atoms with Gasteiger partial charge in [0.25, 0.3) is 0 Å². The van der Waals surface area contributed by atoms with E-state index in [9.17, 15) is 14.4 Å². The van der Waals surface area contributed by atoms with Crippen LogP contribution in [0.25, 0.3) is 0 Å². The Morgan fingerprint density at radius 2 is 2.00 bits per heavy atom. The molecule has 2 heterocycles.